The highest BCUT2D eigenvalue weighted by Gasteiger charge is 2.13. The summed E-state index contributed by atoms with van der Waals surface area (Å²) in [4.78, 5) is 4.32. The van der Waals surface area contributed by atoms with Gasteiger partial charge in [-0.3, -0.25) is 9.67 Å². The molecule has 0 aliphatic heterocycles. The molecule has 1 atom stereocenters. The lowest BCUT2D eigenvalue weighted by atomic mass is 10.0. The van der Waals surface area contributed by atoms with Gasteiger partial charge in [0.1, 0.15) is 6.10 Å². The fourth-order valence-corrected chi connectivity index (χ4v) is 2.32. The van der Waals surface area contributed by atoms with Crippen molar-refractivity contribution in [3.8, 4) is 0 Å². The van der Waals surface area contributed by atoms with E-state index in [1.54, 1.807) is 12.4 Å². The van der Waals surface area contributed by atoms with E-state index in [-0.39, 0.29) is 0 Å². The van der Waals surface area contributed by atoms with Gasteiger partial charge in [0, 0.05) is 29.9 Å². The normalized spacial score (nSPS) is 12.7. The van der Waals surface area contributed by atoms with E-state index >= 15 is 0 Å². The van der Waals surface area contributed by atoms with E-state index in [0.29, 0.717) is 0 Å². The van der Waals surface area contributed by atoms with Crippen molar-refractivity contribution in [3.63, 3.8) is 0 Å². The molecule has 0 aliphatic carbocycles. The Morgan fingerprint density at radius 1 is 1.25 bits per heavy atom. The van der Waals surface area contributed by atoms with Crippen LogP contribution in [0.4, 0.5) is 0 Å². The fourth-order valence-electron chi connectivity index (χ4n) is 2.32. The Hall–Kier alpha value is -2.20. The van der Waals surface area contributed by atoms with Gasteiger partial charge in [-0.25, -0.2) is 0 Å². The van der Waals surface area contributed by atoms with Gasteiger partial charge < -0.3 is 5.11 Å². The van der Waals surface area contributed by atoms with Crippen LogP contribution in [0.25, 0.3) is 10.9 Å². The molecule has 3 aromatic rings. The monoisotopic (exact) mass is 267 g/mol. The molecule has 0 spiro atoms. The van der Waals surface area contributed by atoms with E-state index in [1.807, 2.05) is 41.2 Å². The number of aliphatic hydroxyl groups excluding tert-OH is 1. The van der Waals surface area contributed by atoms with Gasteiger partial charge >= 0.3 is 0 Å². The topological polar surface area (TPSA) is 50.9 Å². The Morgan fingerprint density at radius 2 is 2.15 bits per heavy atom. The van der Waals surface area contributed by atoms with E-state index in [0.717, 1.165) is 35.0 Å². The average molecular weight is 267 g/mol. The van der Waals surface area contributed by atoms with Crippen LogP contribution in [0.2, 0.25) is 0 Å². The second kappa shape index (κ2) is 5.43. The quantitative estimate of drug-likeness (QED) is 0.790. The fraction of sp³-hybridized carbons (Fsp3) is 0.250. The van der Waals surface area contributed by atoms with Gasteiger partial charge in [-0.1, -0.05) is 25.1 Å². The zero-order chi connectivity index (χ0) is 13.9. The molecular weight excluding hydrogens is 250 g/mol. The molecule has 4 nitrogen and oxygen atoms in total. The maximum Gasteiger partial charge on any atom is 0.107 e. The number of hydrogen-bond acceptors (Lipinski definition) is 3. The van der Waals surface area contributed by atoms with Gasteiger partial charge in [0.2, 0.25) is 0 Å². The molecule has 4 heteroatoms. The van der Waals surface area contributed by atoms with Crippen molar-refractivity contribution in [3.05, 3.63) is 60.0 Å². The summed E-state index contributed by atoms with van der Waals surface area (Å²) in [7, 11) is 0. The lowest BCUT2D eigenvalue weighted by Gasteiger charge is -2.09. The number of aliphatic hydroxyl groups is 1. The van der Waals surface area contributed by atoms with Crippen LogP contribution in [0.5, 0.6) is 0 Å². The van der Waals surface area contributed by atoms with Crippen LogP contribution in [0, 0.1) is 0 Å². The highest BCUT2D eigenvalue weighted by atomic mass is 16.3. The van der Waals surface area contributed by atoms with Crippen LogP contribution < -0.4 is 0 Å². The first kappa shape index (κ1) is 12.8. The molecule has 20 heavy (non-hydrogen) atoms. The minimum Gasteiger partial charge on any atom is -0.384 e. The first-order chi connectivity index (χ1) is 9.78. The maximum atomic E-state index is 10.5. The summed E-state index contributed by atoms with van der Waals surface area (Å²) in [5, 5.41) is 15.8. The molecule has 0 amide bonds. The minimum absolute atomic E-state index is 0.660. The molecule has 3 rings (SSSR count). The maximum absolute atomic E-state index is 10.5. The molecule has 102 valence electrons. The Labute approximate surface area is 117 Å². The molecule has 2 aromatic heterocycles. The van der Waals surface area contributed by atoms with Crippen molar-refractivity contribution in [2.24, 2.45) is 0 Å². The Morgan fingerprint density at radius 3 is 3.00 bits per heavy atom. The summed E-state index contributed by atoms with van der Waals surface area (Å²) >= 11 is 0. The van der Waals surface area contributed by atoms with Crippen LogP contribution in [-0.2, 0) is 6.54 Å². The molecule has 0 bridgehead atoms. The van der Waals surface area contributed by atoms with E-state index in [1.165, 1.54) is 0 Å². The number of fused-ring (bicyclic) bond motifs is 1. The number of benzene rings is 1. The number of rotatable bonds is 4. The van der Waals surface area contributed by atoms with Crippen molar-refractivity contribution in [1.29, 1.82) is 0 Å². The highest BCUT2D eigenvalue weighted by molar-refractivity contribution is 5.79. The van der Waals surface area contributed by atoms with Crippen molar-refractivity contribution in [2.45, 2.75) is 26.0 Å². The predicted octanol–water partition coefficient (Wildman–Crippen LogP) is 2.92. The van der Waals surface area contributed by atoms with Gasteiger partial charge in [-0.2, -0.15) is 5.10 Å². The molecule has 0 saturated carbocycles. The molecule has 0 radical (unpaired) electrons. The zero-order valence-electron chi connectivity index (χ0n) is 11.4. The van der Waals surface area contributed by atoms with E-state index in [4.69, 9.17) is 0 Å². The number of aromatic nitrogens is 3. The summed E-state index contributed by atoms with van der Waals surface area (Å²) in [6.07, 6.45) is 5.75. The van der Waals surface area contributed by atoms with Gasteiger partial charge in [0.15, 0.2) is 0 Å². The van der Waals surface area contributed by atoms with E-state index < -0.39 is 6.10 Å². The van der Waals surface area contributed by atoms with Crippen molar-refractivity contribution in [1.82, 2.24) is 14.8 Å². The highest BCUT2D eigenvalue weighted by Crippen LogP contribution is 2.24. The Bertz CT molecular complexity index is 720. The van der Waals surface area contributed by atoms with E-state index in [2.05, 4.69) is 17.0 Å². The van der Waals surface area contributed by atoms with Crippen LogP contribution >= 0.6 is 0 Å². The van der Waals surface area contributed by atoms with Crippen LogP contribution in [0.1, 0.15) is 30.6 Å². The summed E-state index contributed by atoms with van der Waals surface area (Å²) in [6.45, 7) is 2.97. The molecule has 2 heterocycles. The average Bonchev–Trinajstić information content (AvgIpc) is 2.95. The molecule has 0 saturated heterocycles. The summed E-state index contributed by atoms with van der Waals surface area (Å²) in [5.41, 5.74) is 2.55. The van der Waals surface area contributed by atoms with Crippen LogP contribution in [0.3, 0.4) is 0 Å². The third-order valence-electron chi connectivity index (χ3n) is 3.37. The van der Waals surface area contributed by atoms with Gasteiger partial charge in [-0.15, -0.1) is 0 Å². The van der Waals surface area contributed by atoms with Gasteiger partial charge in [-0.05, 0) is 24.1 Å². The predicted molar refractivity (Wildman–Crippen MR) is 78.3 cm³/mol. The number of pyridine rings is 1. The molecule has 1 aromatic carbocycles. The van der Waals surface area contributed by atoms with Crippen molar-refractivity contribution in [2.75, 3.05) is 0 Å². The smallest absolute Gasteiger partial charge is 0.107 e. The Kier molecular flexibility index (Phi) is 3.48. The lowest BCUT2D eigenvalue weighted by Crippen LogP contribution is -1.99. The van der Waals surface area contributed by atoms with Crippen LogP contribution in [0.15, 0.2) is 48.9 Å². The first-order valence-corrected chi connectivity index (χ1v) is 6.83. The molecule has 1 unspecified atom stereocenters. The van der Waals surface area contributed by atoms with Gasteiger partial charge in [0.25, 0.3) is 0 Å². The molecule has 1 N–H and O–H groups in total. The number of hydrogen-bond donors (Lipinski definition) is 1. The minimum atomic E-state index is -0.660. The first-order valence-electron chi connectivity index (χ1n) is 6.83. The van der Waals surface area contributed by atoms with Crippen molar-refractivity contribution < 1.29 is 5.11 Å². The molecular formula is C16H17N3O. The standard InChI is InChI=1S/C16H17N3O/c1-2-8-19-11-14(10-18-19)16(20)13-6-5-12-4-3-7-17-15(12)9-13/h3-7,9-11,16,20H,2,8H2,1H3. The van der Waals surface area contributed by atoms with Crippen molar-refractivity contribution >= 4 is 10.9 Å². The van der Waals surface area contributed by atoms with E-state index in [9.17, 15) is 5.11 Å². The third kappa shape index (κ3) is 2.42. The van der Waals surface area contributed by atoms with Gasteiger partial charge in [0.05, 0.1) is 11.7 Å². The SMILES string of the molecule is CCCn1cc(C(O)c2ccc3cccnc3c2)cn1. The second-order valence-corrected chi connectivity index (χ2v) is 4.89. The number of nitrogens with zero attached hydrogens (tertiary/aromatic N) is 3. The number of aryl methyl sites for hydroxylation is 1. The third-order valence-corrected chi connectivity index (χ3v) is 3.37. The molecule has 0 fully saturated rings. The second-order valence-electron chi connectivity index (χ2n) is 4.89. The Balaban J connectivity index is 1.92. The summed E-state index contributed by atoms with van der Waals surface area (Å²) in [5.74, 6) is 0. The lowest BCUT2D eigenvalue weighted by molar-refractivity contribution is 0.220. The summed E-state index contributed by atoms with van der Waals surface area (Å²) < 4.78 is 1.86. The van der Waals surface area contributed by atoms with Crippen LogP contribution in [-0.4, -0.2) is 19.9 Å². The summed E-state index contributed by atoms with van der Waals surface area (Å²) in [6, 6.07) is 9.77. The zero-order valence-corrected chi connectivity index (χ0v) is 11.4. The molecule has 0 aliphatic rings. The largest absolute Gasteiger partial charge is 0.384 e.